The smallest absolute Gasteiger partial charge is 0.407 e. The van der Waals surface area contributed by atoms with Gasteiger partial charge in [0.05, 0.1) is 25.3 Å². The van der Waals surface area contributed by atoms with Crippen LogP contribution in [-0.2, 0) is 20.9 Å². The molecule has 0 aliphatic rings. The van der Waals surface area contributed by atoms with E-state index >= 15 is 0 Å². The fourth-order valence-electron chi connectivity index (χ4n) is 3.78. The molecule has 3 aromatic rings. The van der Waals surface area contributed by atoms with Gasteiger partial charge in [-0.05, 0) is 68.3 Å². The third-order valence-corrected chi connectivity index (χ3v) is 5.81. The number of aliphatic carboxylic acids is 1. The van der Waals surface area contributed by atoms with E-state index in [2.05, 4.69) is 16.0 Å². The van der Waals surface area contributed by atoms with E-state index in [1.807, 2.05) is 36.4 Å². The molecule has 3 aromatic carbocycles. The normalized spacial score (nSPS) is 12.2. The van der Waals surface area contributed by atoms with Crippen LogP contribution in [0.2, 0.25) is 0 Å². The number of ether oxygens (including phenoxy) is 3. The second kappa shape index (κ2) is 14.4. The Labute approximate surface area is 244 Å². The molecule has 0 spiro atoms. The van der Waals surface area contributed by atoms with E-state index in [1.54, 1.807) is 63.2 Å². The first-order valence-corrected chi connectivity index (χ1v) is 13.1. The SMILES string of the molecule is COc1cc([C@H](Nc2ccc(C#N)cc2)C(=O)NC(CNC(=O)OC(C)(C)C)C(=O)O)ccc1OCc1ccccc1. The van der Waals surface area contributed by atoms with Crippen molar-refractivity contribution in [1.29, 1.82) is 5.26 Å². The zero-order valence-corrected chi connectivity index (χ0v) is 23.8. The number of carbonyl (C=O) groups is 3. The number of benzene rings is 3. The van der Waals surface area contributed by atoms with E-state index in [0.717, 1.165) is 5.56 Å². The van der Waals surface area contributed by atoms with E-state index in [9.17, 15) is 19.5 Å². The minimum Gasteiger partial charge on any atom is -0.493 e. The molecule has 0 heterocycles. The molecule has 0 radical (unpaired) electrons. The van der Waals surface area contributed by atoms with Gasteiger partial charge in [0.1, 0.15) is 24.3 Å². The van der Waals surface area contributed by atoms with E-state index in [-0.39, 0.29) is 0 Å². The highest BCUT2D eigenvalue weighted by atomic mass is 16.6. The standard InChI is InChI=1S/C31H34N4O7/c1-31(2,3)42-30(39)33-18-24(29(37)38)35-28(36)27(34-23-13-10-20(17-32)11-14-23)22-12-15-25(26(16-22)40-4)41-19-21-8-6-5-7-9-21/h5-16,24,27,34H,18-19H2,1-4H3,(H,33,39)(H,35,36)(H,37,38)/t24?,27-/m0/s1. The van der Waals surface area contributed by atoms with Crippen LogP contribution in [0.5, 0.6) is 11.5 Å². The molecule has 2 amide bonds. The Morgan fingerprint density at radius 3 is 2.26 bits per heavy atom. The van der Waals surface area contributed by atoms with Crippen LogP contribution in [0.3, 0.4) is 0 Å². The van der Waals surface area contributed by atoms with Gasteiger partial charge in [-0.2, -0.15) is 5.26 Å². The fraction of sp³-hybridized carbons (Fsp3) is 0.290. The number of alkyl carbamates (subject to hydrolysis) is 1. The van der Waals surface area contributed by atoms with Crippen molar-refractivity contribution < 1.29 is 33.7 Å². The highest BCUT2D eigenvalue weighted by Crippen LogP contribution is 2.32. The minimum atomic E-state index is -1.45. The summed E-state index contributed by atoms with van der Waals surface area (Å²) in [5, 5.41) is 26.8. The van der Waals surface area contributed by atoms with Crippen LogP contribution in [-0.4, -0.2) is 48.4 Å². The lowest BCUT2D eigenvalue weighted by atomic mass is 10.0. The Morgan fingerprint density at radius 1 is 0.976 bits per heavy atom. The van der Waals surface area contributed by atoms with Gasteiger partial charge in [-0.15, -0.1) is 0 Å². The third kappa shape index (κ3) is 9.45. The number of nitrogens with one attached hydrogen (secondary N) is 3. The number of hydrogen-bond donors (Lipinski definition) is 4. The van der Waals surface area contributed by atoms with Crippen LogP contribution >= 0.6 is 0 Å². The molecule has 2 atom stereocenters. The average molecular weight is 575 g/mol. The van der Waals surface area contributed by atoms with Gasteiger partial charge < -0.3 is 35.3 Å². The van der Waals surface area contributed by atoms with E-state index in [1.165, 1.54) is 7.11 Å². The summed E-state index contributed by atoms with van der Waals surface area (Å²) >= 11 is 0. The molecule has 1 unspecified atom stereocenters. The molecule has 3 rings (SSSR count). The number of carboxylic acids is 1. The lowest BCUT2D eigenvalue weighted by molar-refractivity contribution is -0.141. The summed E-state index contributed by atoms with van der Waals surface area (Å²) in [6, 6.07) is 20.5. The first-order chi connectivity index (χ1) is 20.0. The molecule has 0 aromatic heterocycles. The number of nitrogens with zero attached hydrogens (tertiary/aromatic N) is 1. The molecule has 0 bridgehead atoms. The second-order valence-corrected chi connectivity index (χ2v) is 10.2. The maximum atomic E-state index is 13.5. The van der Waals surface area contributed by atoms with Crippen molar-refractivity contribution in [2.45, 2.75) is 45.1 Å². The number of carboxylic acid groups (broad SMARTS) is 1. The number of methoxy groups -OCH3 is 1. The van der Waals surface area contributed by atoms with Crippen molar-refractivity contribution in [2.75, 3.05) is 19.0 Å². The van der Waals surface area contributed by atoms with Crippen LogP contribution < -0.4 is 25.4 Å². The first-order valence-electron chi connectivity index (χ1n) is 13.1. The van der Waals surface area contributed by atoms with E-state index < -0.39 is 42.2 Å². The lowest BCUT2D eigenvalue weighted by Gasteiger charge is -2.24. The van der Waals surface area contributed by atoms with Crippen LogP contribution in [0.4, 0.5) is 10.5 Å². The molecule has 11 heteroatoms. The number of carbonyl (C=O) groups excluding carboxylic acids is 2. The summed E-state index contributed by atoms with van der Waals surface area (Å²) in [7, 11) is 1.47. The Bertz CT molecular complexity index is 1410. The van der Waals surface area contributed by atoms with Crippen molar-refractivity contribution in [3.8, 4) is 17.6 Å². The van der Waals surface area contributed by atoms with E-state index in [0.29, 0.717) is 34.9 Å². The molecular weight excluding hydrogens is 540 g/mol. The molecule has 0 saturated carbocycles. The quantitative estimate of drug-likeness (QED) is 0.246. The minimum absolute atomic E-state index is 0.300. The van der Waals surface area contributed by atoms with Crippen LogP contribution in [0, 0.1) is 11.3 Å². The van der Waals surface area contributed by atoms with Crippen molar-refractivity contribution in [1.82, 2.24) is 10.6 Å². The number of hydrogen-bond acceptors (Lipinski definition) is 8. The molecule has 0 aliphatic heterocycles. The molecule has 0 fully saturated rings. The molecule has 220 valence electrons. The average Bonchev–Trinajstić information content (AvgIpc) is 2.96. The summed E-state index contributed by atoms with van der Waals surface area (Å²) in [5.74, 6) is -1.21. The molecular formula is C31H34N4O7. The van der Waals surface area contributed by atoms with Gasteiger partial charge in [-0.3, -0.25) is 4.79 Å². The Morgan fingerprint density at radius 2 is 1.67 bits per heavy atom. The summed E-state index contributed by atoms with van der Waals surface area (Å²) < 4.78 is 16.6. The molecule has 4 N–H and O–H groups in total. The van der Waals surface area contributed by atoms with Crippen molar-refractivity contribution in [3.05, 3.63) is 89.5 Å². The van der Waals surface area contributed by atoms with Crippen molar-refractivity contribution >= 4 is 23.7 Å². The molecule has 0 aliphatic carbocycles. The summed E-state index contributed by atoms with van der Waals surface area (Å²) in [4.78, 5) is 37.6. The number of rotatable bonds is 12. The number of anilines is 1. The van der Waals surface area contributed by atoms with Gasteiger partial charge in [0.2, 0.25) is 5.91 Å². The lowest BCUT2D eigenvalue weighted by Crippen LogP contribution is -2.51. The maximum absolute atomic E-state index is 13.5. The zero-order valence-electron chi connectivity index (χ0n) is 23.8. The maximum Gasteiger partial charge on any atom is 0.407 e. The van der Waals surface area contributed by atoms with Gasteiger partial charge in [0.15, 0.2) is 11.5 Å². The topological polar surface area (TPSA) is 159 Å². The van der Waals surface area contributed by atoms with Crippen molar-refractivity contribution in [2.24, 2.45) is 0 Å². The van der Waals surface area contributed by atoms with Gasteiger partial charge in [-0.25, -0.2) is 9.59 Å². The van der Waals surface area contributed by atoms with Gasteiger partial charge in [-0.1, -0.05) is 36.4 Å². The van der Waals surface area contributed by atoms with Gasteiger partial charge >= 0.3 is 12.1 Å². The summed E-state index contributed by atoms with van der Waals surface area (Å²) in [5.41, 5.74) is 1.57. The Balaban J connectivity index is 1.85. The predicted molar refractivity (Wildman–Crippen MR) is 155 cm³/mol. The zero-order chi connectivity index (χ0) is 30.7. The molecule has 0 saturated heterocycles. The highest BCUT2D eigenvalue weighted by Gasteiger charge is 2.28. The van der Waals surface area contributed by atoms with E-state index in [4.69, 9.17) is 19.5 Å². The molecule has 11 nitrogen and oxygen atoms in total. The Hall–Kier alpha value is -5.24. The number of nitriles is 1. The van der Waals surface area contributed by atoms with Gasteiger partial charge in [0.25, 0.3) is 0 Å². The van der Waals surface area contributed by atoms with Crippen LogP contribution in [0.1, 0.15) is 43.5 Å². The first kappa shape index (κ1) is 31.3. The van der Waals surface area contributed by atoms with Gasteiger partial charge in [0, 0.05) is 5.69 Å². The largest absolute Gasteiger partial charge is 0.493 e. The van der Waals surface area contributed by atoms with Crippen LogP contribution in [0.15, 0.2) is 72.8 Å². The molecule has 42 heavy (non-hydrogen) atoms. The van der Waals surface area contributed by atoms with Crippen LogP contribution in [0.25, 0.3) is 0 Å². The number of amides is 2. The highest BCUT2D eigenvalue weighted by molar-refractivity contribution is 5.90. The predicted octanol–water partition coefficient (Wildman–Crippen LogP) is 4.39. The summed E-state index contributed by atoms with van der Waals surface area (Å²) in [6.07, 6.45) is -0.814. The third-order valence-electron chi connectivity index (χ3n) is 5.81. The van der Waals surface area contributed by atoms with Crippen molar-refractivity contribution in [3.63, 3.8) is 0 Å². The second-order valence-electron chi connectivity index (χ2n) is 10.2. The Kier molecular flexibility index (Phi) is 10.7. The fourth-order valence-corrected chi connectivity index (χ4v) is 3.78. The monoisotopic (exact) mass is 574 g/mol. The summed E-state index contributed by atoms with van der Waals surface area (Å²) in [6.45, 7) is 4.92.